The van der Waals surface area contributed by atoms with Crippen molar-refractivity contribution in [3.63, 3.8) is 0 Å². The molecule has 7 nitrogen and oxygen atoms in total. The van der Waals surface area contributed by atoms with Crippen molar-refractivity contribution in [3.05, 3.63) is 57.0 Å². The lowest BCUT2D eigenvalue weighted by Gasteiger charge is -2.13. The van der Waals surface area contributed by atoms with Crippen LogP contribution >= 0.6 is 34.5 Å². The molecule has 0 saturated heterocycles. The second-order valence-corrected chi connectivity index (χ2v) is 9.76. The molecule has 3 heterocycles. The number of carbonyl (C=O) groups is 1. The zero-order chi connectivity index (χ0) is 23.0. The van der Waals surface area contributed by atoms with Gasteiger partial charge in [0.15, 0.2) is 5.65 Å². The molecule has 4 aromatic rings. The number of nitrogens with zero attached hydrogens (tertiary/aromatic N) is 3. The van der Waals surface area contributed by atoms with E-state index in [0.717, 1.165) is 33.4 Å². The van der Waals surface area contributed by atoms with E-state index >= 15 is 0 Å². The molecule has 0 spiro atoms. The number of amides is 2. The van der Waals surface area contributed by atoms with Crippen LogP contribution in [0.2, 0.25) is 9.36 Å². The van der Waals surface area contributed by atoms with Crippen LogP contribution in [0.15, 0.2) is 36.4 Å². The Morgan fingerprint density at radius 3 is 2.69 bits per heavy atom. The van der Waals surface area contributed by atoms with E-state index in [4.69, 9.17) is 23.2 Å². The molecule has 0 aliphatic rings. The average Bonchev–Trinajstić information content (AvgIpc) is 3.24. The van der Waals surface area contributed by atoms with E-state index in [0.29, 0.717) is 20.2 Å². The fourth-order valence-electron chi connectivity index (χ4n) is 3.54. The first-order valence-corrected chi connectivity index (χ1v) is 11.5. The fraction of sp³-hybridized carbons (Fsp3) is 0.227. The van der Waals surface area contributed by atoms with E-state index in [1.54, 1.807) is 10.7 Å². The second kappa shape index (κ2) is 8.97. The molecular weight excluding hydrogens is 467 g/mol. The largest absolute Gasteiger partial charge is 0.338 e. The van der Waals surface area contributed by atoms with Crippen LogP contribution in [0.25, 0.3) is 22.2 Å². The van der Waals surface area contributed by atoms with E-state index < -0.39 is 6.03 Å². The fourth-order valence-corrected chi connectivity index (χ4v) is 4.95. The summed E-state index contributed by atoms with van der Waals surface area (Å²) in [5, 5.41) is 9.54. The molecule has 0 aliphatic heterocycles. The van der Waals surface area contributed by atoms with Crippen LogP contribution in [-0.4, -0.2) is 20.8 Å². The van der Waals surface area contributed by atoms with Crippen LogP contribution in [0, 0.1) is 6.92 Å². The highest BCUT2D eigenvalue weighted by molar-refractivity contribution is 7.20. The standard InChI is InChI=1S/C22H22Cl2N6OS/c1-11(2)15-9-17(25-21-19(15)12(3)29-30(21)4)27-28-22(31)26-18-10-16(20(24)32-18)13-6-5-7-14(23)8-13/h5-11H,1-4H3,(H,25,27)(H2,26,28,31). The van der Waals surface area contributed by atoms with Crippen LogP contribution in [-0.2, 0) is 7.05 Å². The summed E-state index contributed by atoms with van der Waals surface area (Å²) in [4.78, 5) is 17.1. The van der Waals surface area contributed by atoms with Gasteiger partial charge in [-0.1, -0.05) is 49.2 Å². The van der Waals surface area contributed by atoms with Crippen molar-refractivity contribution in [1.29, 1.82) is 0 Å². The third kappa shape index (κ3) is 4.53. The van der Waals surface area contributed by atoms with E-state index in [9.17, 15) is 4.79 Å². The molecule has 10 heteroatoms. The monoisotopic (exact) mass is 488 g/mol. The highest BCUT2D eigenvalue weighted by Gasteiger charge is 2.16. The van der Waals surface area contributed by atoms with Gasteiger partial charge in [0.25, 0.3) is 0 Å². The van der Waals surface area contributed by atoms with E-state index in [1.807, 2.05) is 44.3 Å². The van der Waals surface area contributed by atoms with Crippen LogP contribution in [0.3, 0.4) is 0 Å². The normalized spacial score (nSPS) is 11.2. The molecule has 1 aromatic carbocycles. The van der Waals surface area contributed by atoms with Gasteiger partial charge in [-0.15, -0.1) is 11.3 Å². The quantitative estimate of drug-likeness (QED) is 0.277. The molecular formula is C22H22Cl2N6OS. The van der Waals surface area contributed by atoms with E-state index in [2.05, 4.69) is 40.1 Å². The smallest absolute Gasteiger partial charge is 0.298 e. The summed E-state index contributed by atoms with van der Waals surface area (Å²) >= 11 is 13.7. The first-order valence-electron chi connectivity index (χ1n) is 9.95. The van der Waals surface area contributed by atoms with Crippen molar-refractivity contribution in [2.75, 3.05) is 10.7 Å². The number of thiophene rings is 1. The van der Waals surface area contributed by atoms with Gasteiger partial charge in [0.1, 0.15) is 10.2 Å². The number of halogens is 2. The number of hydrogen-bond donors (Lipinski definition) is 3. The van der Waals surface area contributed by atoms with Crippen LogP contribution in [0.1, 0.15) is 31.0 Å². The van der Waals surface area contributed by atoms with Crippen molar-refractivity contribution in [2.45, 2.75) is 26.7 Å². The third-order valence-electron chi connectivity index (χ3n) is 4.98. The minimum Gasteiger partial charge on any atom is -0.298 e. The van der Waals surface area contributed by atoms with E-state index in [-0.39, 0.29) is 5.92 Å². The Hall–Kier alpha value is -2.81. The summed E-state index contributed by atoms with van der Waals surface area (Å²) in [6.07, 6.45) is 0. The molecule has 32 heavy (non-hydrogen) atoms. The first-order chi connectivity index (χ1) is 15.2. The Labute approximate surface area is 199 Å². The lowest BCUT2D eigenvalue weighted by atomic mass is 10.00. The highest BCUT2D eigenvalue weighted by atomic mass is 35.5. The summed E-state index contributed by atoms with van der Waals surface area (Å²) in [6.45, 7) is 6.20. The summed E-state index contributed by atoms with van der Waals surface area (Å²) in [5.74, 6) is 0.805. The Morgan fingerprint density at radius 1 is 1.19 bits per heavy atom. The maximum absolute atomic E-state index is 12.5. The Morgan fingerprint density at radius 2 is 1.97 bits per heavy atom. The molecule has 0 unspecified atom stereocenters. The predicted molar refractivity (Wildman–Crippen MR) is 133 cm³/mol. The number of anilines is 2. The molecule has 2 amide bonds. The van der Waals surface area contributed by atoms with Gasteiger partial charge in [-0.2, -0.15) is 5.10 Å². The Kier molecular flexibility index (Phi) is 6.28. The Bertz CT molecular complexity index is 1310. The van der Waals surface area contributed by atoms with Crippen molar-refractivity contribution in [3.8, 4) is 11.1 Å². The molecule has 0 radical (unpaired) electrons. The number of hydrazine groups is 1. The van der Waals surface area contributed by atoms with Gasteiger partial charge in [-0.3, -0.25) is 20.9 Å². The Balaban J connectivity index is 1.48. The minimum atomic E-state index is -0.435. The number of fused-ring (bicyclic) bond motifs is 1. The number of rotatable bonds is 5. The van der Waals surface area contributed by atoms with Crippen LogP contribution < -0.4 is 16.2 Å². The van der Waals surface area contributed by atoms with E-state index in [1.165, 1.54) is 11.3 Å². The predicted octanol–water partition coefficient (Wildman–Crippen LogP) is 6.58. The number of benzene rings is 1. The summed E-state index contributed by atoms with van der Waals surface area (Å²) in [5.41, 5.74) is 10.0. The minimum absolute atomic E-state index is 0.274. The molecule has 0 atom stereocenters. The molecule has 3 aromatic heterocycles. The van der Waals surface area contributed by atoms with Crippen LogP contribution in [0.4, 0.5) is 15.6 Å². The number of aromatic nitrogens is 3. The number of aryl methyl sites for hydroxylation is 2. The van der Waals surface area contributed by atoms with Crippen LogP contribution in [0.5, 0.6) is 0 Å². The third-order valence-corrected chi connectivity index (χ3v) is 6.49. The van der Waals surface area contributed by atoms with Crippen molar-refractivity contribution < 1.29 is 4.79 Å². The summed E-state index contributed by atoms with van der Waals surface area (Å²) in [7, 11) is 1.86. The molecule has 0 bridgehead atoms. The number of urea groups is 1. The van der Waals surface area contributed by atoms with Gasteiger partial charge >= 0.3 is 6.03 Å². The van der Waals surface area contributed by atoms with Gasteiger partial charge in [0.2, 0.25) is 0 Å². The van der Waals surface area contributed by atoms with Gasteiger partial charge in [-0.25, -0.2) is 9.78 Å². The lowest BCUT2D eigenvalue weighted by molar-refractivity contribution is 0.254. The van der Waals surface area contributed by atoms with Gasteiger partial charge < -0.3 is 0 Å². The molecule has 0 aliphatic carbocycles. The number of carbonyl (C=O) groups excluding carboxylic acids is 1. The summed E-state index contributed by atoms with van der Waals surface area (Å²) < 4.78 is 2.31. The topological polar surface area (TPSA) is 83.9 Å². The molecule has 166 valence electrons. The SMILES string of the molecule is Cc1nn(C)c2nc(NNC(=O)Nc3cc(-c4cccc(Cl)c4)c(Cl)s3)cc(C(C)C)c12. The van der Waals surface area contributed by atoms with Crippen molar-refractivity contribution in [1.82, 2.24) is 20.2 Å². The zero-order valence-corrected chi connectivity index (χ0v) is 20.3. The number of nitrogens with one attached hydrogen (secondary N) is 3. The summed E-state index contributed by atoms with van der Waals surface area (Å²) in [6, 6.07) is 10.7. The van der Waals surface area contributed by atoms with Gasteiger partial charge in [-0.05, 0) is 48.2 Å². The average molecular weight is 489 g/mol. The van der Waals surface area contributed by atoms with Gasteiger partial charge in [0, 0.05) is 23.0 Å². The maximum atomic E-state index is 12.5. The second-order valence-electron chi connectivity index (χ2n) is 7.67. The lowest BCUT2D eigenvalue weighted by Crippen LogP contribution is -2.33. The number of pyridine rings is 1. The van der Waals surface area contributed by atoms with Crippen molar-refractivity contribution in [2.24, 2.45) is 7.05 Å². The zero-order valence-electron chi connectivity index (χ0n) is 18.0. The highest BCUT2D eigenvalue weighted by Crippen LogP contribution is 2.39. The molecule has 3 N–H and O–H groups in total. The first kappa shape index (κ1) is 22.4. The number of hydrogen-bond acceptors (Lipinski definition) is 5. The maximum Gasteiger partial charge on any atom is 0.338 e. The molecule has 4 rings (SSSR count). The molecule has 0 saturated carbocycles. The van der Waals surface area contributed by atoms with Crippen molar-refractivity contribution >= 4 is 62.4 Å². The molecule has 0 fully saturated rings. The van der Waals surface area contributed by atoms with Gasteiger partial charge in [0.05, 0.1) is 10.7 Å².